The molecule has 3 rings (SSSR count). The second kappa shape index (κ2) is 9.96. The Labute approximate surface area is 151 Å². The molecule has 0 spiro atoms. The summed E-state index contributed by atoms with van der Waals surface area (Å²) in [6.45, 7) is 6.74. The fourth-order valence-electron chi connectivity index (χ4n) is 3.43. The summed E-state index contributed by atoms with van der Waals surface area (Å²) in [5.41, 5.74) is 1.27. The van der Waals surface area contributed by atoms with Gasteiger partial charge in [0.15, 0.2) is 0 Å². The third-order valence-electron chi connectivity index (χ3n) is 4.51. The number of rotatable bonds is 3. The van der Waals surface area contributed by atoms with Crippen LogP contribution in [0.25, 0.3) is 0 Å². The normalized spacial score (nSPS) is 25.9. The molecule has 0 aliphatic carbocycles. The highest BCUT2D eigenvalue weighted by Crippen LogP contribution is 2.29. The van der Waals surface area contributed by atoms with Crippen molar-refractivity contribution >= 4 is 36.4 Å². The number of piperazine rings is 1. The summed E-state index contributed by atoms with van der Waals surface area (Å²) >= 11 is 6.40. The molecular formula is C16H26Cl3N3. The number of nitrogens with zero attached hydrogens (tertiary/aromatic N) is 1. The fraction of sp³-hybridized carbons (Fsp3) is 0.625. The molecule has 2 atom stereocenters. The lowest BCUT2D eigenvalue weighted by Gasteiger charge is -2.39. The standard InChI is InChI=1S/C16H24ClN3.2ClH/c17-15-6-2-1-5-14(15)16-11-19-8-9-20(16)12-13-4-3-7-18-10-13;;/h1-2,5-6,13,16,18-19H,3-4,7-12H2;2*1H. The van der Waals surface area contributed by atoms with E-state index in [9.17, 15) is 0 Å². The van der Waals surface area contributed by atoms with Gasteiger partial charge in [0.1, 0.15) is 0 Å². The van der Waals surface area contributed by atoms with Crippen LogP contribution in [0.15, 0.2) is 24.3 Å². The Morgan fingerprint density at radius 2 is 1.86 bits per heavy atom. The Kier molecular flexibility index (Phi) is 9.07. The number of hydrogen-bond acceptors (Lipinski definition) is 3. The molecule has 1 aromatic carbocycles. The molecule has 2 unspecified atom stereocenters. The summed E-state index contributed by atoms with van der Waals surface area (Å²) in [6.07, 6.45) is 2.67. The highest BCUT2D eigenvalue weighted by molar-refractivity contribution is 6.31. The molecular weight excluding hydrogens is 341 g/mol. The summed E-state index contributed by atoms with van der Waals surface area (Å²) < 4.78 is 0. The van der Waals surface area contributed by atoms with Crippen LogP contribution in [-0.4, -0.2) is 44.2 Å². The maximum absolute atomic E-state index is 6.40. The van der Waals surface area contributed by atoms with Crippen LogP contribution in [0.1, 0.15) is 24.4 Å². The van der Waals surface area contributed by atoms with Gasteiger partial charge in [-0.1, -0.05) is 29.8 Å². The Balaban J connectivity index is 0.00000121. The molecule has 0 radical (unpaired) electrons. The third-order valence-corrected chi connectivity index (χ3v) is 4.85. The lowest BCUT2D eigenvalue weighted by Crippen LogP contribution is -2.49. The van der Waals surface area contributed by atoms with Crippen LogP contribution in [-0.2, 0) is 0 Å². The van der Waals surface area contributed by atoms with Gasteiger partial charge in [0, 0.05) is 37.2 Å². The minimum absolute atomic E-state index is 0. The van der Waals surface area contributed by atoms with E-state index in [1.165, 1.54) is 38.0 Å². The van der Waals surface area contributed by atoms with Crippen LogP contribution in [0.5, 0.6) is 0 Å². The second-order valence-electron chi connectivity index (χ2n) is 5.95. The predicted molar refractivity (Wildman–Crippen MR) is 98.7 cm³/mol. The van der Waals surface area contributed by atoms with Crippen molar-refractivity contribution in [2.24, 2.45) is 5.92 Å². The molecule has 2 N–H and O–H groups in total. The quantitative estimate of drug-likeness (QED) is 0.860. The molecule has 6 heteroatoms. The Bertz CT molecular complexity index is 438. The van der Waals surface area contributed by atoms with E-state index in [-0.39, 0.29) is 24.8 Å². The van der Waals surface area contributed by atoms with Gasteiger partial charge >= 0.3 is 0 Å². The molecule has 2 heterocycles. The van der Waals surface area contributed by atoms with Gasteiger partial charge in [-0.15, -0.1) is 24.8 Å². The second-order valence-corrected chi connectivity index (χ2v) is 6.36. The molecule has 0 amide bonds. The van der Waals surface area contributed by atoms with E-state index in [0.29, 0.717) is 6.04 Å². The smallest absolute Gasteiger partial charge is 0.0488 e. The van der Waals surface area contributed by atoms with E-state index >= 15 is 0 Å². The van der Waals surface area contributed by atoms with E-state index in [1.54, 1.807) is 0 Å². The van der Waals surface area contributed by atoms with Gasteiger partial charge in [0.25, 0.3) is 0 Å². The average molecular weight is 367 g/mol. The van der Waals surface area contributed by atoms with Gasteiger partial charge in [-0.2, -0.15) is 0 Å². The number of benzene rings is 1. The van der Waals surface area contributed by atoms with Crippen molar-refractivity contribution in [3.05, 3.63) is 34.9 Å². The summed E-state index contributed by atoms with van der Waals surface area (Å²) in [6, 6.07) is 8.70. The average Bonchev–Trinajstić information content (AvgIpc) is 2.50. The highest BCUT2D eigenvalue weighted by Gasteiger charge is 2.27. The van der Waals surface area contributed by atoms with Gasteiger partial charge in [0.05, 0.1) is 0 Å². The van der Waals surface area contributed by atoms with E-state index in [4.69, 9.17) is 11.6 Å². The monoisotopic (exact) mass is 365 g/mol. The van der Waals surface area contributed by atoms with Crippen LogP contribution in [0, 0.1) is 5.92 Å². The molecule has 126 valence electrons. The van der Waals surface area contributed by atoms with Gasteiger partial charge in [-0.3, -0.25) is 4.90 Å². The maximum atomic E-state index is 6.40. The van der Waals surface area contributed by atoms with Crippen LogP contribution in [0.4, 0.5) is 0 Å². The highest BCUT2D eigenvalue weighted by atomic mass is 35.5. The van der Waals surface area contributed by atoms with Crippen LogP contribution >= 0.6 is 36.4 Å². The molecule has 2 fully saturated rings. The molecule has 0 aromatic heterocycles. The molecule has 2 aliphatic heterocycles. The van der Waals surface area contributed by atoms with Gasteiger partial charge in [-0.25, -0.2) is 0 Å². The number of piperidine rings is 1. The van der Waals surface area contributed by atoms with Crippen molar-refractivity contribution in [1.29, 1.82) is 0 Å². The van der Waals surface area contributed by atoms with Crippen LogP contribution < -0.4 is 10.6 Å². The SMILES string of the molecule is Cl.Cl.Clc1ccccc1C1CNCCN1CC1CCCNC1. The van der Waals surface area contributed by atoms with Crippen molar-refractivity contribution in [3.63, 3.8) is 0 Å². The fourth-order valence-corrected chi connectivity index (χ4v) is 3.69. The van der Waals surface area contributed by atoms with Crippen molar-refractivity contribution in [3.8, 4) is 0 Å². The van der Waals surface area contributed by atoms with E-state index in [0.717, 1.165) is 30.6 Å². The zero-order chi connectivity index (χ0) is 13.8. The number of nitrogens with one attached hydrogen (secondary N) is 2. The molecule has 2 aliphatic rings. The third kappa shape index (κ3) is 4.98. The lowest BCUT2D eigenvalue weighted by molar-refractivity contribution is 0.127. The Morgan fingerprint density at radius 3 is 2.59 bits per heavy atom. The van der Waals surface area contributed by atoms with E-state index < -0.39 is 0 Å². The number of halogens is 3. The maximum Gasteiger partial charge on any atom is 0.0488 e. The summed E-state index contributed by atoms with van der Waals surface area (Å²) in [7, 11) is 0. The zero-order valence-corrected chi connectivity index (χ0v) is 15.2. The first-order chi connectivity index (χ1) is 9.84. The van der Waals surface area contributed by atoms with Crippen LogP contribution in [0.2, 0.25) is 5.02 Å². The summed E-state index contributed by atoms with van der Waals surface area (Å²) in [4.78, 5) is 2.62. The van der Waals surface area contributed by atoms with Gasteiger partial charge < -0.3 is 10.6 Å². The van der Waals surface area contributed by atoms with E-state index in [2.05, 4.69) is 27.7 Å². The first-order valence-corrected chi connectivity index (χ1v) is 8.12. The summed E-state index contributed by atoms with van der Waals surface area (Å²) in [5, 5.41) is 7.93. The zero-order valence-electron chi connectivity index (χ0n) is 12.8. The minimum atomic E-state index is 0. The molecule has 0 saturated carbocycles. The molecule has 22 heavy (non-hydrogen) atoms. The first kappa shape index (κ1) is 20.0. The molecule has 2 saturated heterocycles. The first-order valence-electron chi connectivity index (χ1n) is 7.74. The number of hydrogen-bond donors (Lipinski definition) is 2. The van der Waals surface area contributed by atoms with Crippen molar-refractivity contribution in [2.75, 3.05) is 39.3 Å². The largest absolute Gasteiger partial charge is 0.316 e. The predicted octanol–water partition coefficient (Wildman–Crippen LogP) is 3.13. The van der Waals surface area contributed by atoms with Gasteiger partial charge in [-0.05, 0) is 43.5 Å². The topological polar surface area (TPSA) is 27.3 Å². The van der Waals surface area contributed by atoms with E-state index in [1.807, 2.05) is 12.1 Å². The Morgan fingerprint density at radius 1 is 1.09 bits per heavy atom. The summed E-state index contributed by atoms with van der Waals surface area (Å²) in [5.74, 6) is 0.784. The Hall–Kier alpha value is -0.0300. The van der Waals surface area contributed by atoms with Crippen molar-refractivity contribution < 1.29 is 0 Å². The molecule has 0 bridgehead atoms. The lowest BCUT2D eigenvalue weighted by atomic mass is 9.96. The van der Waals surface area contributed by atoms with Gasteiger partial charge in [0.2, 0.25) is 0 Å². The van der Waals surface area contributed by atoms with Crippen molar-refractivity contribution in [1.82, 2.24) is 15.5 Å². The van der Waals surface area contributed by atoms with Crippen molar-refractivity contribution in [2.45, 2.75) is 18.9 Å². The molecule has 3 nitrogen and oxygen atoms in total. The minimum Gasteiger partial charge on any atom is -0.316 e. The van der Waals surface area contributed by atoms with Crippen LogP contribution in [0.3, 0.4) is 0 Å². The molecule has 1 aromatic rings.